The zero-order valence-electron chi connectivity index (χ0n) is 13.6. The number of fused-ring (bicyclic) bond motifs is 1. The number of pyridine rings is 1. The number of hydrogen-bond acceptors (Lipinski definition) is 3. The number of benzene rings is 2. The molecule has 0 fully saturated rings. The Bertz CT molecular complexity index is 698. The fourth-order valence-corrected chi connectivity index (χ4v) is 2.15. The van der Waals surface area contributed by atoms with Gasteiger partial charge in [0.1, 0.15) is 0 Å². The maximum Gasteiger partial charge on any atom is 0.213 e. The molecule has 3 heteroatoms. The van der Waals surface area contributed by atoms with Crippen LogP contribution in [0, 0.1) is 0 Å². The van der Waals surface area contributed by atoms with Crippen LogP contribution in [0.25, 0.3) is 10.9 Å². The van der Waals surface area contributed by atoms with Crippen molar-refractivity contribution in [2.75, 3.05) is 13.2 Å². The topological polar surface area (TPSA) is 48.1 Å². The molecular formula is C20H24N2O. The summed E-state index contributed by atoms with van der Waals surface area (Å²) in [5.74, 6) is 0.713. The van der Waals surface area contributed by atoms with E-state index in [1.807, 2.05) is 54.6 Å². The summed E-state index contributed by atoms with van der Waals surface area (Å²) >= 11 is 0. The number of rotatable bonds is 5. The maximum absolute atomic E-state index is 5.45. The molecule has 0 atom stereocenters. The molecule has 0 bridgehead atoms. The van der Waals surface area contributed by atoms with E-state index in [2.05, 4.69) is 24.0 Å². The van der Waals surface area contributed by atoms with Crippen LogP contribution in [0.4, 0.5) is 0 Å². The lowest BCUT2D eigenvalue weighted by molar-refractivity contribution is 0.306. The van der Waals surface area contributed by atoms with Gasteiger partial charge in [0.2, 0.25) is 5.88 Å². The monoisotopic (exact) mass is 308 g/mol. The summed E-state index contributed by atoms with van der Waals surface area (Å²) in [6, 6.07) is 22.2. The Hall–Kier alpha value is -2.39. The van der Waals surface area contributed by atoms with E-state index >= 15 is 0 Å². The van der Waals surface area contributed by atoms with Crippen molar-refractivity contribution in [3.63, 3.8) is 0 Å². The Morgan fingerprint density at radius 1 is 0.913 bits per heavy atom. The van der Waals surface area contributed by atoms with Crippen LogP contribution in [-0.2, 0) is 6.42 Å². The smallest absolute Gasteiger partial charge is 0.213 e. The minimum atomic E-state index is 0.713. The summed E-state index contributed by atoms with van der Waals surface area (Å²) in [6.07, 6.45) is 2.00. The molecule has 0 unspecified atom stereocenters. The Balaban J connectivity index is 0.000000185. The first-order valence-corrected chi connectivity index (χ1v) is 8.06. The molecule has 0 saturated carbocycles. The van der Waals surface area contributed by atoms with E-state index in [1.54, 1.807) is 0 Å². The van der Waals surface area contributed by atoms with E-state index in [9.17, 15) is 0 Å². The van der Waals surface area contributed by atoms with Gasteiger partial charge >= 0.3 is 0 Å². The van der Waals surface area contributed by atoms with Crippen LogP contribution in [0.3, 0.4) is 0 Å². The van der Waals surface area contributed by atoms with Crippen molar-refractivity contribution in [2.45, 2.75) is 19.8 Å². The second-order valence-corrected chi connectivity index (χ2v) is 5.21. The predicted octanol–water partition coefficient (Wildman–Crippen LogP) is 4.21. The second-order valence-electron chi connectivity index (χ2n) is 5.21. The van der Waals surface area contributed by atoms with Gasteiger partial charge in [-0.1, -0.05) is 55.5 Å². The molecule has 1 aromatic heterocycles. The highest BCUT2D eigenvalue weighted by molar-refractivity contribution is 5.78. The van der Waals surface area contributed by atoms with Crippen molar-refractivity contribution >= 4 is 10.9 Å². The number of hydrogen-bond donors (Lipinski definition) is 1. The largest absolute Gasteiger partial charge is 0.478 e. The molecule has 3 rings (SSSR count). The molecule has 2 aromatic carbocycles. The molecule has 0 amide bonds. The van der Waals surface area contributed by atoms with Gasteiger partial charge in [0.05, 0.1) is 12.1 Å². The van der Waals surface area contributed by atoms with Gasteiger partial charge in [0.25, 0.3) is 0 Å². The van der Waals surface area contributed by atoms with Crippen molar-refractivity contribution in [1.82, 2.24) is 4.98 Å². The van der Waals surface area contributed by atoms with Crippen molar-refractivity contribution < 1.29 is 4.74 Å². The first-order chi connectivity index (χ1) is 11.3. The predicted molar refractivity (Wildman–Crippen MR) is 96.7 cm³/mol. The van der Waals surface area contributed by atoms with Crippen LogP contribution in [0.15, 0.2) is 66.7 Å². The number of ether oxygens (including phenoxy) is 1. The lowest BCUT2D eigenvalue weighted by Gasteiger charge is -2.03. The molecule has 0 saturated heterocycles. The SMILES string of the molecule is CCCOc1ccc2ccccc2n1.NCCc1ccccc1. The van der Waals surface area contributed by atoms with Crippen molar-refractivity contribution in [2.24, 2.45) is 5.73 Å². The highest BCUT2D eigenvalue weighted by Gasteiger charge is 1.97. The Labute approximate surface area is 138 Å². The molecule has 0 spiro atoms. The molecule has 3 nitrogen and oxygen atoms in total. The molecule has 23 heavy (non-hydrogen) atoms. The molecule has 120 valence electrons. The van der Waals surface area contributed by atoms with E-state index in [0.717, 1.165) is 36.9 Å². The van der Waals surface area contributed by atoms with E-state index in [-0.39, 0.29) is 0 Å². The highest BCUT2D eigenvalue weighted by Crippen LogP contribution is 2.15. The summed E-state index contributed by atoms with van der Waals surface area (Å²) in [5.41, 5.74) is 7.67. The lowest BCUT2D eigenvalue weighted by atomic mass is 10.2. The van der Waals surface area contributed by atoms with Gasteiger partial charge < -0.3 is 10.5 Å². The van der Waals surface area contributed by atoms with Gasteiger partial charge in [-0.2, -0.15) is 0 Å². The third kappa shape index (κ3) is 5.72. The van der Waals surface area contributed by atoms with E-state index in [0.29, 0.717) is 5.88 Å². The lowest BCUT2D eigenvalue weighted by Crippen LogP contribution is -2.01. The first-order valence-electron chi connectivity index (χ1n) is 8.06. The van der Waals surface area contributed by atoms with Gasteiger partial charge in [0.15, 0.2) is 0 Å². The van der Waals surface area contributed by atoms with E-state index in [1.165, 1.54) is 5.56 Å². The number of aromatic nitrogens is 1. The summed E-state index contributed by atoms with van der Waals surface area (Å²) in [4.78, 5) is 4.39. The standard InChI is InChI=1S/C12H13NO.C8H11N/c1-2-9-14-12-8-7-10-5-3-4-6-11(10)13-12;9-7-6-8-4-2-1-3-5-8/h3-8H,2,9H2,1H3;1-5H,6-7,9H2. The first kappa shape index (κ1) is 17.0. The van der Waals surface area contributed by atoms with Crippen molar-refractivity contribution in [3.05, 3.63) is 72.3 Å². The van der Waals surface area contributed by atoms with Crippen LogP contribution in [0.5, 0.6) is 5.88 Å². The van der Waals surface area contributed by atoms with Crippen LogP contribution >= 0.6 is 0 Å². The Morgan fingerprint density at radius 3 is 2.39 bits per heavy atom. The molecule has 1 heterocycles. The molecular weight excluding hydrogens is 284 g/mol. The van der Waals surface area contributed by atoms with Gasteiger partial charge in [-0.3, -0.25) is 0 Å². The third-order valence-corrected chi connectivity index (χ3v) is 3.30. The van der Waals surface area contributed by atoms with Crippen molar-refractivity contribution in [3.8, 4) is 5.88 Å². The van der Waals surface area contributed by atoms with Gasteiger partial charge in [-0.25, -0.2) is 4.98 Å². The summed E-state index contributed by atoms with van der Waals surface area (Å²) in [6.45, 7) is 3.55. The number of para-hydroxylation sites is 1. The molecule has 0 aliphatic heterocycles. The van der Waals surface area contributed by atoms with Crippen LogP contribution in [-0.4, -0.2) is 18.1 Å². The van der Waals surface area contributed by atoms with Crippen molar-refractivity contribution in [1.29, 1.82) is 0 Å². The molecule has 2 N–H and O–H groups in total. The third-order valence-electron chi connectivity index (χ3n) is 3.30. The zero-order chi connectivity index (χ0) is 16.3. The van der Waals surface area contributed by atoms with Gasteiger partial charge in [-0.05, 0) is 37.1 Å². The van der Waals surface area contributed by atoms with Gasteiger partial charge in [0, 0.05) is 11.5 Å². The molecule has 0 aliphatic rings. The highest BCUT2D eigenvalue weighted by atomic mass is 16.5. The molecule has 0 aliphatic carbocycles. The fourth-order valence-electron chi connectivity index (χ4n) is 2.15. The zero-order valence-corrected chi connectivity index (χ0v) is 13.6. The average Bonchev–Trinajstić information content (AvgIpc) is 2.61. The minimum Gasteiger partial charge on any atom is -0.478 e. The van der Waals surface area contributed by atoms with Crippen LogP contribution < -0.4 is 10.5 Å². The fraction of sp³-hybridized carbons (Fsp3) is 0.250. The Morgan fingerprint density at radius 2 is 1.65 bits per heavy atom. The second kappa shape index (κ2) is 9.59. The summed E-state index contributed by atoms with van der Waals surface area (Å²) < 4.78 is 5.45. The van der Waals surface area contributed by atoms with Crippen LogP contribution in [0.2, 0.25) is 0 Å². The number of nitrogens with two attached hydrogens (primary N) is 1. The molecule has 3 aromatic rings. The maximum atomic E-state index is 5.45. The normalized spacial score (nSPS) is 10.0. The minimum absolute atomic E-state index is 0.713. The van der Waals surface area contributed by atoms with E-state index in [4.69, 9.17) is 10.5 Å². The summed E-state index contributed by atoms with van der Waals surface area (Å²) in [5, 5.41) is 1.15. The van der Waals surface area contributed by atoms with Gasteiger partial charge in [-0.15, -0.1) is 0 Å². The van der Waals surface area contributed by atoms with Crippen LogP contribution in [0.1, 0.15) is 18.9 Å². The molecule has 0 radical (unpaired) electrons. The quantitative estimate of drug-likeness (QED) is 0.768. The number of nitrogens with zero attached hydrogens (tertiary/aromatic N) is 1. The van der Waals surface area contributed by atoms with E-state index < -0.39 is 0 Å². The Kier molecular flexibility index (Phi) is 7.08. The average molecular weight is 308 g/mol. The summed E-state index contributed by atoms with van der Waals surface area (Å²) in [7, 11) is 0.